The van der Waals surface area contributed by atoms with Crippen molar-refractivity contribution >= 4 is 22.8 Å². The van der Waals surface area contributed by atoms with Gasteiger partial charge in [-0.1, -0.05) is 6.92 Å². The van der Waals surface area contributed by atoms with Crippen molar-refractivity contribution in [2.45, 2.75) is 13.3 Å². The van der Waals surface area contributed by atoms with E-state index >= 15 is 0 Å². The number of nitrogens with zero attached hydrogens (tertiary/aromatic N) is 4. The molecule has 26 heavy (non-hydrogen) atoms. The van der Waals surface area contributed by atoms with Gasteiger partial charge in [0.05, 0.1) is 35.7 Å². The third-order valence-electron chi connectivity index (χ3n) is 4.46. The zero-order chi connectivity index (χ0) is 17.9. The number of thiazole rings is 1. The molecule has 4 heterocycles. The normalized spacial score (nSPS) is 14.6. The highest BCUT2D eigenvalue weighted by molar-refractivity contribution is 7.18. The SMILES string of the molecule is CCc1nc(-c2ccncc2N)sc1-c1ccnc(N2CCOCC2)c1. The number of rotatable bonds is 4. The van der Waals surface area contributed by atoms with Gasteiger partial charge in [0.1, 0.15) is 10.8 Å². The molecule has 0 spiro atoms. The van der Waals surface area contributed by atoms with Gasteiger partial charge in [-0.15, -0.1) is 11.3 Å². The average molecular weight is 367 g/mol. The molecule has 0 unspecified atom stereocenters. The van der Waals surface area contributed by atoms with Crippen molar-refractivity contribution < 1.29 is 4.74 Å². The summed E-state index contributed by atoms with van der Waals surface area (Å²) in [6.45, 7) is 5.37. The summed E-state index contributed by atoms with van der Waals surface area (Å²) < 4.78 is 5.44. The summed E-state index contributed by atoms with van der Waals surface area (Å²) in [5.74, 6) is 0.992. The molecule has 0 saturated carbocycles. The van der Waals surface area contributed by atoms with Crippen molar-refractivity contribution in [3.63, 3.8) is 0 Å². The number of ether oxygens (including phenoxy) is 1. The van der Waals surface area contributed by atoms with Crippen LogP contribution in [0.25, 0.3) is 21.0 Å². The van der Waals surface area contributed by atoms with Crippen molar-refractivity contribution in [2.24, 2.45) is 0 Å². The summed E-state index contributed by atoms with van der Waals surface area (Å²) in [6, 6.07) is 6.12. The van der Waals surface area contributed by atoms with E-state index in [1.807, 2.05) is 12.3 Å². The second-order valence-corrected chi connectivity index (χ2v) is 7.11. The predicted octanol–water partition coefficient (Wildman–Crippen LogP) is 3.25. The molecule has 3 aromatic heterocycles. The lowest BCUT2D eigenvalue weighted by molar-refractivity contribution is 0.122. The summed E-state index contributed by atoms with van der Waals surface area (Å²) in [7, 11) is 0. The van der Waals surface area contributed by atoms with E-state index in [4.69, 9.17) is 15.5 Å². The Labute approximate surface area is 156 Å². The van der Waals surface area contributed by atoms with Crippen LogP contribution in [0.3, 0.4) is 0 Å². The van der Waals surface area contributed by atoms with Crippen LogP contribution >= 0.6 is 11.3 Å². The van der Waals surface area contributed by atoms with Crippen molar-refractivity contribution in [1.29, 1.82) is 0 Å². The van der Waals surface area contributed by atoms with E-state index in [0.717, 1.165) is 60.4 Å². The number of hydrogen-bond acceptors (Lipinski definition) is 7. The standard InChI is InChI=1S/C19H21N5OS/c1-2-16-18(26-19(23-16)14-4-5-21-12-15(14)20)13-3-6-22-17(11-13)24-7-9-25-10-8-24/h3-6,11-12H,2,7-10,20H2,1H3. The predicted molar refractivity (Wildman–Crippen MR) is 105 cm³/mol. The fourth-order valence-electron chi connectivity index (χ4n) is 3.06. The molecule has 3 aromatic rings. The zero-order valence-corrected chi connectivity index (χ0v) is 15.5. The van der Waals surface area contributed by atoms with Gasteiger partial charge in [-0.05, 0) is 30.2 Å². The van der Waals surface area contributed by atoms with Crippen molar-refractivity contribution in [1.82, 2.24) is 15.0 Å². The fourth-order valence-corrected chi connectivity index (χ4v) is 4.26. The van der Waals surface area contributed by atoms with Gasteiger partial charge in [-0.3, -0.25) is 4.98 Å². The monoisotopic (exact) mass is 367 g/mol. The first-order valence-electron chi connectivity index (χ1n) is 8.75. The number of anilines is 2. The molecule has 2 N–H and O–H groups in total. The molecule has 0 bridgehead atoms. The number of morpholine rings is 1. The van der Waals surface area contributed by atoms with Crippen molar-refractivity contribution in [3.05, 3.63) is 42.5 Å². The van der Waals surface area contributed by atoms with E-state index in [2.05, 4.69) is 33.9 Å². The van der Waals surface area contributed by atoms with Crippen molar-refractivity contribution in [2.75, 3.05) is 36.9 Å². The summed E-state index contributed by atoms with van der Waals surface area (Å²) in [6.07, 6.45) is 6.16. The van der Waals surface area contributed by atoms with E-state index in [9.17, 15) is 0 Å². The molecule has 1 aliphatic rings. The number of pyridine rings is 2. The minimum absolute atomic E-state index is 0.652. The van der Waals surface area contributed by atoms with E-state index in [0.29, 0.717) is 5.69 Å². The Hall–Kier alpha value is -2.51. The fraction of sp³-hybridized carbons (Fsp3) is 0.316. The quantitative estimate of drug-likeness (QED) is 0.763. The van der Waals surface area contributed by atoms with Crippen LogP contribution in [0.15, 0.2) is 36.8 Å². The number of nitrogen functional groups attached to an aromatic ring is 1. The smallest absolute Gasteiger partial charge is 0.129 e. The Morgan fingerprint density at radius 1 is 1.23 bits per heavy atom. The first-order chi connectivity index (χ1) is 12.8. The maximum absolute atomic E-state index is 6.09. The highest BCUT2D eigenvalue weighted by Crippen LogP contribution is 2.38. The van der Waals surface area contributed by atoms with Gasteiger partial charge in [-0.2, -0.15) is 0 Å². The second kappa shape index (κ2) is 7.39. The minimum Gasteiger partial charge on any atom is -0.397 e. The van der Waals surface area contributed by atoms with Crippen LogP contribution in [0, 0.1) is 0 Å². The maximum Gasteiger partial charge on any atom is 0.129 e. The van der Waals surface area contributed by atoms with E-state index in [-0.39, 0.29) is 0 Å². The number of aryl methyl sites for hydroxylation is 1. The van der Waals surface area contributed by atoms with Crippen LogP contribution < -0.4 is 10.6 Å². The van der Waals surface area contributed by atoms with Gasteiger partial charge in [0.2, 0.25) is 0 Å². The molecule has 1 saturated heterocycles. The third kappa shape index (κ3) is 3.27. The third-order valence-corrected chi connectivity index (χ3v) is 5.64. The van der Waals surface area contributed by atoms with Gasteiger partial charge < -0.3 is 15.4 Å². The minimum atomic E-state index is 0.652. The number of aromatic nitrogens is 3. The molecule has 0 amide bonds. The first-order valence-corrected chi connectivity index (χ1v) is 9.56. The van der Waals surface area contributed by atoms with E-state index < -0.39 is 0 Å². The molecule has 0 atom stereocenters. The van der Waals surface area contributed by atoms with Crippen molar-refractivity contribution in [3.8, 4) is 21.0 Å². The van der Waals surface area contributed by atoms with Crippen LogP contribution in [0.4, 0.5) is 11.5 Å². The molecule has 1 fully saturated rings. The van der Waals surface area contributed by atoms with Crippen LogP contribution in [0.1, 0.15) is 12.6 Å². The summed E-state index contributed by atoms with van der Waals surface area (Å²) >= 11 is 1.67. The topological polar surface area (TPSA) is 77.2 Å². The molecule has 4 rings (SSSR count). The highest BCUT2D eigenvalue weighted by Gasteiger charge is 2.17. The molecular weight excluding hydrogens is 346 g/mol. The van der Waals surface area contributed by atoms with Gasteiger partial charge in [0.15, 0.2) is 0 Å². The van der Waals surface area contributed by atoms with Gasteiger partial charge in [0, 0.05) is 31.0 Å². The summed E-state index contributed by atoms with van der Waals surface area (Å²) in [5.41, 5.74) is 9.91. The lowest BCUT2D eigenvalue weighted by Gasteiger charge is -2.28. The van der Waals surface area contributed by atoms with Crippen LogP contribution in [0.2, 0.25) is 0 Å². The molecule has 0 aliphatic carbocycles. The Bertz CT molecular complexity index is 904. The molecular formula is C19H21N5OS. The lowest BCUT2D eigenvalue weighted by Crippen LogP contribution is -2.36. The molecule has 7 heteroatoms. The maximum atomic E-state index is 6.09. The van der Waals surface area contributed by atoms with Crippen LogP contribution in [0.5, 0.6) is 0 Å². The van der Waals surface area contributed by atoms with Crippen LogP contribution in [-0.2, 0) is 11.2 Å². The zero-order valence-electron chi connectivity index (χ0n) is 14.7. The highest BCUT2D eigenvalue weighted by atomic mass is 32.1. The Balaban J connectivity index is 1.72. The van der Waals surface area contributed by atoms with E-state index in [1.54, 1.807) is 23.7 Å². The van der Waals surface area contributed by atoms with Gasteiger partial charge in [-0.25, -0.2) is 9.97 Å². The summed E-state index contributed by atoms with van der Waals surface area (Å²) in [4.78, 5) is 16.9. The average Bonchev–Trinajstić information content (AvgIpc) is 3.13. The molecule has 1 aliphatic heterocycles. The lowest BCUT2D eigenvalue weighted by atomic mass is 10.1. The first kappa shape index (κ1) is 16.9. The number of nitrogens with two attached hydrogens (primary N) is 1. The molecule has 0 radical (unpaired) electrons. The molecule has 134 valence electrons. The van der Waals surface area contributed by atoms with Crippen LogP contribution in [-0.4, -0.2) is 41.3 Å². The van der Waals surface area contributed by atoms with E-state index in [1.165, 1.54) is 4.88 Å². The molecule has 0 aromatic carbocycles. The second-order valence-electron chi connectivity index (χ2n) is 6.11. The molecule has 6 nitrogen and oxygen atoms in total. The van der Waals surface area contributed by atoms with Gasteiger partial charge in [0.25, 0.3) is 0 Å². The number of hydrogen-bond donors (Lipinski definition) is 1. The Morgan fingerprint density at radius 2 is 2.08 bits per heavy atom. The largest absolute Gasteiger partial charge is 0.397 e. The van der Waals surface area contributed by atoms with Gasteiger partial charge >= 0.3 is 0 Å². The Morgan fingerprint density at radius 3 is 2.85 bits per heavy atom. The summed E-state index contributed by atoms with van der Waals surface area (Å²) in [5, 5.41) is 0.932. The Kier molecular flexibility index (Phi) is 4.81.